The van der Waals surface area contributed by atoms with Gasteiger partial charge in [-0.3, -0.25) is 0 Å². The molecule has 0 aliphatic heterocycles. The van der Waals surface area contributed by atoms with E-state index in [1.165, 1.54) is 88.3 Å². The van der Waals surface area contributed by atoms with Crippen LogP contribution in [0.5, 0.6) is 0 Å². The fourth-order valence-corrected chi connectivity index (χ4v) is 10.5. The lowest BCUT2D eigenvalue weighted by Gasteiger charge is -2.35. The molecule has 1 aliphatic carbocycles. The Morgan fingerprint density at radius 3 is 1.53 bits per heavy atom. The van der Waals surface area contributed by atoms with E-state index in [2.05, 4.69) is 266 Å². The lowest BCUT2D eigenvalue weighted by Crippen LogP contribution is -2.28. The Labute approximate surface area is 374 Å². The van der Waals surface area contributed by atoms with Gasteiger partial charge in [-0.25, -0.2) is 0 Å². The van der Waals surface area contributed by atoms with E-state index < -0.39 is 5.41 Å². The Kier molecular flexibility index (Phi) is 9.13. The second kappa shape index (κ2) is 15.6. The Bertz CT molecular complexity index is 3440. The Morgan fingerprint density at radius 1 is 0.266 bits per heavy atom. The molecular formula is C63H43N. The van der Waals surface area contributed by atoms with Crippen LogP contribution in [0.1, 0.15) is 22.3 Å². The first-order valence-corrected chi connectivity index (χ1v) is 22.2. The third kappa shape index (κ3) is 6.08. The summed E-state index contributed by atoms with van der Waals surface area (Å²) in [5.74, 6) is 0. The van der Waals surface area contributed by atoms with Crippen LogP contribution in [0.25, 0.3) is 66.1 Å². The van der Waals surface area contributed by atoms with E-state index in [0.29, 0.717) is 0 Å². The van der Waals surface area contributed by atoms with Gasteiger partial charge in [-0.2, -0.15) is 0 Å². The molecule has 64 heavy (non-hydrogen) atoms. The highest BCUT2D eigenvalue weighted by Crippen LogP contribution is 2.57. The molecular weight excluding hydrogens is 771 g/mol. The summed E-state index contributed by atoms with van der Waals surface area (Å²) < 4.78 is 0. The van der Waals surface area contributed by atoms with Crippen molar-refractivity contribution in [3.05, 3.63) is 283 Å². The average molecular weight is 814 g/mol. The van der Waals surface area contributed by atoms with Crippen molar-refractivity contribution in [2.75, 3.05) is 4.90 Å². The van der Waals surface area contributed by atoms with Crippen LogP contribution in [-0.4, -0.2) is 0 Å². The normalized spacial score (nSPS) is 12.5. The summed E-state index contributed by atoms with van der Waals surface area (Å²) >= 11 is 0. The van der Waals surface area contributed by atoms with Crippen LogP contribution in [0.4, 0.5) is 17.1 Å². The lowest BCUT2D eigenvalue weighted by molar-refractivity contribution is 0.768. The summed E-state index contributed by atoms with van der Waals surface area (Å²) in [5.41, 5.74) is 17.6. The minimum Gasteiger partial charge on any atom is -0.310 e. The number of benzene rings is 11. The summed E-state index contributed by atoms with van der Waals surface area (Å²) in [6, 6.07) is 95.9. The molecule has 0 radical (unpaired) electrons. The fourth-order valence-electron chi connectivity index (χ4n) is 10.5. The van der Waals surface area contributed by atoms with Gasteiger partial charge in [0.05, 0.1) is 5.41 Å². The van der Waals surface area contributed by atoms with Gasteiger partial charge in [0.2, 0.25) is 0 Å². The van der Waals surface area contributed by atoms with Crippen molar-refractivity contribution in [3.63, 3.8) is 0 Å². The zero-order valence-corrected chi connectivity index (χ0v) is 35.3. The zero-order chi connectivity index (χ0) is 42.5. The molecule has 0 amide bonds. The average Bonchev–Trinajstić information content (AvgIpc) is 3.67. The number of fused-ring (bicyclic) bond motifs is 5. The molecule has 1 heteroatoms. The maximum absolute atomic E-state index is 2.46. The summed E-state index contributed by atoms with van der Waals surface area (Å²) in [7, 11) is 0. The van der Waals surface area contributed by atoms with Crippen LogP contribution < -0.4 is 4.90 Å². The number of hydrogen-bond donors (Lipinski definition) is 0. The predicted molar refractivity (Wildman–Crippen MR) is 270 cm³/mol. The Balaban J connectivity index is 1.07. The van der Waals surface area contributed by atoms with Gasteiger partial charge in [0.15, 0.2) is 0 Å². The first-order valence-electron chi connectivity index (χ1n) is 22.2. The molecule has 0 atom stereocenters. The molecule has 0 unspecified atom stereocenters. The summed E-state index contributed by atoms with van der Waals surface area (Å²) in [6.45, 7) is 0. The van der Waals surface area contributed by atoms with Gasteiger partial charge in [-0.1, -0.05) is 224 Å². The Hall–Kier alpha value is -8.26. The molecule has 0 aromatic heterocycles. The van der Waals surface area contributed by atoms with Crippen molar-refractivity contribution in [2.45, 2.75) is 5.41 Å². The monoisotopic (exact) mass is 813 g/mol. The van der Waals surface area contributed by atoms with Crippen LogP contribution >= 0.6 is 0 Å². The highest BCUT2D eigenvalue weighted by molar-refractivity contribution is 6.04. The van der Waals surface area contributed by atoms with Crippen LogP contribution in [0.2, 0.25) is 0 Å². The zero-order valence-electron chi connectivity index (χ0n) is 35.3. The van der Waals surface area contributed by atoms with Gasteiger partial charge in [0, 0.05) is 17.1 Å². The predicted octanol–water partition coefficient (Wildman–Crippen LogP) is 16.8. The number of rotatable bonds is 8. The lowest BCUT2D eigenvalue weighted by atomic mass is 9.67. The van der Waals surface area contributed by atoms with E-state index in [1.54, 1.807) is 0 Å². The molecule has 1 aliphatic rings. The van der Waals surface area contributed by atoms with E-state index in [4.69, 9.17) is 0 Å². The highest BCUT2D eigenvalue weighted by Gasteiger charge is 2.46. The van der Waals surface area contributed by atoms with Crippen LogP contribution in [0.15, 0.2) is 261 Å². The largest absolute Gasteiger partial charge is 0.310 e. The molecule has 11 aromatic carbocycles. The van der Waals surface area contributed by atoms with Crippen molar-refractivity contribution in [1.82, 2.24) is 0 Å². The molecule has 0 saturated heterocycles. The van der Waals surface area contributed by atoms with E-state index in [9.17, 15) is 0 Å². The van der Waals surface area contributed by atoms with Crippen molar-refractivity contribution in [3.8, 4) is 44.5 Å². The standard InChI is InChI=1S/C63H43N/c1-4-20-47(21-5-1)62-56-30-13-11-19-45(56)36-40-57(62)46-34-37-51(38-35-46)64(52-28-16-23-48(42-52)55-32-17-22-44-18-10-12-29-54(44)55)53-39-41-59-58-31-14-15-33-60(58)63(61(59)43-53,49-24-6-2-7-25-49)50-26-8-3-9-27-50/h1-43H. The molecule has 11 aromatic rings. The van der Waals surface area contributed by atoms with Crippen LogP contribution in [0, 0.1) is 0 Å². The summed E-state index contributed by atoms with van der Waals surface area (Å²) in [6.07, 6.45) is 0. The van der Waals surface area contributed by atoms with Gasteiger partial charge >= 0.3 is 0 Å². The SMILES string of the molecule is c1ccc(-c2c(-c3ccc(N(c4cccc(-c5cccc6ccccc56)c4)c4ccc5c(c4)C(c4ccccc4)(c4ccccc4)c4ccccc4-5)cc3)ccc3ccccc23)cc1. The first-order chi connectivity index (χ1) is 31.8. The van der Waals surface area contributed by atoms with Crippen LogP contribution in [0.3, 0.4) is 0 Å². The number of nitrogens with zero attached hydrogens (tertiary/aromatic N) is 1. The van der Waals surface area contributed by atoms with E-state index >= 15 is 0 Å². The number of hydrogen-bond acceptors (Lipinski definition) is 1. The number of anilines is 3. The molecule has 1 nitrogen and oxygen atoms in total. The van der Waals surface area contributed by atoms with E-state index in [-0.39, 0.29) is 0 Å². The third-order valence-electron chi connectivity index (χ3n) is 13.3. The highest BCUT2D eigenvalue weighted by atomic mass is 15.1. The van der Waals surface area contributed by atoms with Gasteiger partial charge < -0.3 is 4.90 Å². The van der Waals surface area contributed by atoms with Gasteiger partial charge in [0.1, 0.15) is 0 Å². The molecule has 12 rings (SSSR count). The van der Waals surface area contributed by atoms with Gasteiger partial charge in [-0.05, 0) is 125 Å². The Morgan fingerprint density at radius 2 is 0.781 bits per heavy atom. The molecule has 0 fully saturated rings. The molecule has 0 spiro atoms. The van der Waals surface area contributed by atoms with Crippen molar-refractivity contribution in [1.29, 1.82) is 0 Å². The summed E-state index contributed by atoms with van der Waals surface area (Å²) in [4.78, 5) is 2.45. The van der Waals surface area contributed by atoms with Gasteiger partial charge in [-0.15, -0.1) is 0 Å². The van der Waals surface area contributed by atoms with E-state index in [1.807, 2.05) is 0 Å². The molecule has 0 heterocycles. The van der Waals surface area contributed by atoms with E-state index in [0.717, 1.165) is 17.1 Å². The quantitative estimate of drug-likeness (QED) is 0.148. The molecule has 0 saturated carbocycles. The maximum Gasteiger partial charge on any atom is 0.0714 e. The smallest absolute Gasteiger partial charge is 0.0714 e. The minimum absolute atomic E-state index is 0.519. The molecule has 300 valence electrons. The third-order valence-corrected chi connectivity index (χ3v) is 13.3. The summed E-state index contributed by atoms with van der Waals surface area (Å²) in [5, 5.41) is 4.97. The second-order valence-electron chi connectivity index (χ2n) is 16.8. The molecule has 0 N–H and O–H groups in total. The fraction of sp³-hybridized carbons (Fsp3) is 0.0159. The van der Waals surface area contributed by atoms with Gasteiger partial charge in [0.25, 0.3) is 0 Å². The first kappa shape index (κ1) is 37.5. The van der Waals surface area contributed by atoms with Crippen molar-refractivity contribution >= 4 is 38.6 Å². The topological polar surface area (TPSA) is 3.24 Å². The molecule has 0 bridgehead atoms. The maximum atomic E-state index is 2.46. The van der Waals surface area contributed by atoms with Crippen LogP contribution in [-0.2, 0) is 5.41 Å². The second-order valence-corrected chi connectivity index (χ2v) is 16.8. The van der Waals surface area contributed by atoms with Crippen molar-refractivity contribution < 1.29 is 0 Å². The van der Waals surface area contributed by atoms with Crippen molar-refractivity contribution in [2.24, 2.45) is 0 Å². The minimum atomic E-state index is -0.519.